The number of rotatable bonds is 6. The smallest absolute Gasteiger partial charge is 0.238 e. The van der Waals surface area contributed by atoms with Gasteiger partial charge in [0, 0.05) is 13.1 Å². The van der Waals surface area contributed by atoms with Crippen molar-refractivity contribution < 1.29 is 9.53 Å². The lowest BCUT2D eigenvalue weighted by Gasteiger charge is -2.38. The third kappa shape index (κ3) is 3.76. The van der Waals surface area contributed by atoms with Gasteiger partial charge in [-0.05, 0) is 52.1 Å². The van der Waals surface area contributed by atoms with Gasteiger partial charge in [0.1, 0.15) is 5.54 Å². The van der Waals surface area contributed by atoms with E-state index in [1.807, 2.05) is 6.92 Å². The highest BCUT2D eigenvalue weighted by Gasteiger charge is 2.46. The van der Waals surface area contributed by atoms with Gasteiger partial charge in [-0.15, -0.1) is 0 Å². The normalized spacial score (nSPS) is 37.8. The molecule has 4 atom stereocenters. The maximum Gasteiger partial charge on any atom is 0.238 e. The first-order valence-corrected chi connectivity index (χ1v) is 8.40. The van der Waals surface area contributed by atoms with Crippen LogP contribution in [0.25, 0.3) is 0 Å². The summed E-state index contributed by atoms with van der Waals surface area (Å²) in [5, 5.41) is 3.40. The lowest BCUT2D eigenvalue weighted by Crippen LogP contribution is -2.58. The van der Waals surface area contributed by atoms with E-state index in [1.165, 1.54) is 0 Å². The number of amides is 1. The fourth-order valence-electron chi connectivity index (χ4n) is 4.23. The predicted molar refractivity (Wildman–Crippen MR) is 84.0 cm³/mol. The SMILES string of the molecule is CCNC1(C(N)=O)CCCC1CCN1C[C@@H](C)O[C@@H](C)C1. The number of nitrogens with one attached hydrogen (secondary N) is 1. The van der Waals surface area contributed by atoms with Crippen LogP contribution in [0.5, 0.6) is 0 Å². The van der Waals surface area contributed by atoms with Crippen LogP contribution in [0, 0.1) is 5.92 Å². The van der Waals surface area contributed by atoms with Crippen molar-refractivity contribution in [2.24, 2.45) is 11.7 Å². The van der Waals surface area contributed by atoms with Gasteiger partial charge in [0.15, 0.2) is 0 Å². The molecule has 21 heavy (non-hydrogen) atoms. The van der Waals surface area contributed by atoms with Gasteiger partial charge in [0.05, 0.1) is 12.2 Å². The number of carbonyl (C=O) groups excluding carboxylic acids is 1. The molecule has 2 fully saturated rings. The molecule has 5 nitrogen and oxygen atoms in total. The van der Waals surface area contributed by atoms with E-state index >= 15 is 0 Å². The number of primary amides is 1. The van der Waals surface area contributed by atoms with Crippen molar-refractivity contribution in [2.75, 3.05) is 26.2 Å². The number of nitrogens with zero attached hydrogens (tertiary/aromatic N) is 1. The Hall–Kier alpha value is -0.650. The number of likely N-dealkylation sites (N-methyl/N-ethyl adjacent to an activating group) is 1. The standard InChI is InChI=1S/C16H31N3O2/c1-4-18-16(15(17)20)8-5-6-14(16)7-9-19-10-12(2)21-13(3)11-19/h12-14,18H,4-11H2,1-3H3,(H2,17,20)/t12-,13+,14?,16?. The highest BCUT2D eigenvalue weighted by atomic mass is 16.5. The summed E-state index contributed by atoms with van der Waals surface area (Å²) in [5.41, 5.74) is 5.25. The van der Waals surface area contributed by atoms with E-state index in [1.54, 1.807) is 0 Å². The molecule has 1 saturated heterocycles. The lowest BCUT2D eigenvalue weighted by molar-refractivity contribution is -0.126. The first-order valence-electron chi connectivity index (χ1n) is 8.40. The highest BCUT2D eigenvalue weighted by Crippen LogP contribution is 2.38. The predicted octanol–water partition coefficient (Wildman–Crippen LogP) is 1.12. The summed E-state index contributed by atoms with van der Waals surface area (Å²) >= 11 is 0. The fourth-order valence-corrected chi connectivity index (χ4v) is 4.23. The second kappa shape index (κ2) is 7.07. The largest absolute Gasteiger partial charge is 0.373 e. The molecule has 0 aromatic carbocycles. The molecule has 2 unspecified atom stereocenters. The average molecular weight is 297 g/mol. The lowest BCUT2D eigenvalue weighted by atomic mass is 9.83. The fraction of sp³-hybridized carbons (Fsp3) is 0.938. The quantitative estimate of drug-likeness (QED) is 0.771. The number of carbonyl (C=O) groups is 1. The maximum atomic E-state index is 12.0. The first-order chi connectivity index (χ1) is 9.98. The Bertz CT molecular complexity index is 353. The van der Waals surface area contributed by atoms with Crippen molar-refractivity contribution in [3.05, 3.63) is 0 Å². The van der Waals surface area contributed by atoms with Crippen LogP contribution in [0.2, 0.25) is 0 Å². The van der Waals surface area contributed by atoms with Gasteiger partial charge in [0.25, 0.3) is 0 Å². The van der Waals surface area contributed by atoms with Gasteiger partial charge in [-0.2, -0.15) is 0 Å². The molecule has 1 aliphatic heterocycles. The third-order valence-corrected chi connectivity index (χ3v) is 5.04. The zero-order chi connectivity index (χ0) is 15.5. The Morgan fingerprint density at radius 3 is 2.62 bits per heavy atom. The van der Waals surface area contributed by atoms with E-state index in [9.17, 15) is 4.79 Å². The summed E-state index contributed by atoms with van der Waals surface area (Å²) in [7, 11) is 0. The molecule has 2 aliphatic rings. The Morgan fingerprint density at radius 1 is 1.38 bits per heavy atom. The van der Waals surface area contributed by atoms with Crippen LogP contribution in [0.3, 0.4) is 0 Å². The molecule has 0 spiro atoms. The number of hydrogen-bond donors (Lipinski definition) is 2. The zero-order valence-electron chi connectivity index (χ0n) is 13.7. The zero-order valence-corrected chi connectivity index (χ0v) is 13.7. The minimum Gasteiger partial charge on any atom is -0.373 e. The Kier molecular flexibility index (Phi) is 5.63. The average Bonchev–Trinajstić information content (AvgIpc) is 2.80. The topological polar surface area (TPSA) is 67.6 Å². The monoisotopic (exact) mass is 297 g/mol. The van der Waals surface area contributed by atoms with E-state index in [4.69, 9.17) is 10.5 Å². The van der Waals surface area contributed by atoms with Crippen molar-refractivity contribution in [3.63, 3.8) is 0 Å². The highest BCUT2D eigenvalue weighted by molar-refractivity contribution is 5.85. The molecule has 0 aromatic rings. The van der Waals surface area contributed by atoms with E-state index in [2.05, 4.69) is 24.1 Å². The van der Waals surface area contributed by atoms with Crippen molar-refractivity contribution in [1.82, 2.24) is 10.2 Å². The van der Waals surface area contributed by atoms with Gasteiger partial charge in [-0.25, -0.2) is 0 Å². The van der Waals surface area contributed by atoms with Crippen molar-refractivity contribution in [2.45, 2.75) is 64.2 Å². The second-order valence-corrected chi connectivity index (χ2v) is 6.76. The Labute approximate surface area is 128 Å². The summed E-state index contributed by atoms with van der Waals surface area (Å²) in [6, 6.07) is 0. The maximum absolute atomic E-state index is 12.0. The molecule has 0 radical (unpaired) electrons. The minimum atomic E-state index is -0.474. The van der Waals surface area contributed by atoms with Crippen LogP contribution >= 0.6 is 0 Å². The Balaban J connectivity index is 1.93. The van der Waals surface area contributed by atoms with Crippen LogP contribution in [-0.4, -0.2) is 54.7 Å². The van der Waals surface area contributed by atoms with Crippen molar-refractivity contribution in [3.8, 4) is 0 Å². The van der Waals surface area contributed by atoms with E-state index in [0.717, 1.165) is 51.9 Å². The Morgan fingerprint density at radius 2 is 2.05 bits per heavy atom. The molecule has 2 rings (SSSR count). The molecule has 1 saturated carbocycles. The summed E-state index contributed by atoms with van der Waals surface area (Å²) < 4.78 is 5.78. The molecule has 1 amide bonds. The number of ether oxygens (including phenoxy) is 1. The van der Waals surface area contributed by atoms with Crippen LogP contribution in [0.15, 0.2) is 0 Å². The van der Waals surface area contributed by atoms with Gasteiger partial charge in [0.2, 0.25) is 5.91 Å². The van der Waals surface area contributed by atoms with Gasteiger partial charge in [-0.1, -0.05) is 13.3 Å². The summed E-state index contributed by atoms with van der Waals surface area (Å²) in [6.45, 7) is 10.1. The van der Waals surface area contributed by atoms with Crippen LogP contribution in [-0.2, 0) is 9.53 Å². The molecular formula is C16H31N3O2. The molecule has 5 heteroatoms. The third-order valence-electron chi connectivity index (χ3n) is 5.04. The number of morpholine rings is 1. The summed E-state index contributed by atoms with van der Waals surface area (Å²) in [6.07, 6.45) is 4.72. The summed E-state index contributed by atoms with van der Waals surface area (Å²) in [4.78, 5) is 14.5. The van der Waals surface area contributed by atoms with Crippen molar-refractivity contribution in [1.29, 1.82) is 0 Å². The molecule has 3 N–H and O–H groups in total. The van der Waals surface area contributed by atoms with E-state index < -0.39 is 5.54 Å². The van der Waals surface area contributed by atoms with E-state index in [-0.39, 0.29) is 5.91 Å². The van der Waals surface area contributed by atoms with E-state index in [0.29, 0.717) is 18.1 Å². The molecule has 1 aliphatic carbocycles. The van der Waals surface area contributed by atoms with Gasteiger partial charge in [-0.3, -0.25) is 9.69 Å². The molecular weight excluding hydrogens is 266 g/mol. The molecule has 0 bridgehead atoms. The second-order valence-electron chi connectivity index (χ2n) is 6.76. The molecule has 1 heterocycles. The minimum absolute atomic E-state index is 0.171. The first kappa shape index (κ1) is 16.7. The van der Waals surface area contributed by atoms with Crippen molar-refractivity contribution >= 4 is 5.91 Å². The van der Waals surface area contributed by atoms with Gasteiger partial charge >= 0.3 is 0 Å². The van der Waals surface area contributed by atoms with Crippen LogP contribution in [0.1, 0.15) is 46.5 Å². The van der Waals surface area contributed by atoms with Crippen LogP contribution in [0.4, 0.5) is 0 Å². The van der Waals surface area contributed by atoms with Gasteiger partial charge < -0.3 is 15.8 Å². The van der Waals surface area contributed by atoms with Crippen LogP contribution < -0.4 is 11.1 Å². The number of hydrogen-bond acceptors (Lipinski definition) is 4. The summed E-state index contributed by atoms with van der Waals surface area (Å²) in [5.74, 6) is 0.193. The molecule has 0 aromatic heterocycles. The molecule has 122 valence electrons. The number of nitrogens with two attached hydrogens (primary N) is 1.